The van der Waals surface area contributed by atoms with Gasteiger partial charge in [0.25, 0.3) is 0 Å². The molecule has 0 radical (unpaired) electrons. The number of β-amino-alcohol motifs (C(OH)–C–C–N with tert-alkyl or cyclic N) is 1. The summed E-state index contributed by atoms with van der Waals surface area (Å²) in [5, 5.41) is 13.7. The van der Waals surface area contributed by atoms with Gasteiger partial charge in [-0.3, -0.25) is 9.69 Å². The molecule has 0 aromatic carbocycles. The Morgan fingerprint density at radius 3 is 2.76 bits per heavy atom. The minimum absolute atomic E-state index is 0.269. The minimum Gasteiger partial charge on any atom is -0.389 e. The van der Waals surface area contributed by atoms with Gasteiger partial charge in [0.2, 0.25) is 5.91 Å². The number of hydrogen-bond donors (Lipinski definition) is 3. The van der Waals surface area contributed by atoms with Crippen LogP contribution in [0, 0.1) is 0 Å². The van der Waals surface area contributed by atoms with Gasteiger partial charge in [-0.2, -0.15) is 0 Å². The van der Waals surface area contributed by atoms with Crippen LogP contribution in [-0.2, 0) is 4.79 Å². The normalized spacial score (nSPS) is 30.1. The number of piperazine rings is 1. The van der Waals surface area contributed by atoms with Gasteiger partial charge >= 0.3 is 0 Å². The molecule has 1 atom stereocenters. The van der Waals surface area contributed by atoms with E-state index in [0.29, 0.717) is 13.1 Å². The molecule has 98 valence electrons. The van der Waals surface area contributed by atoms with Gasteiger partial charge in [-0.1, -0.05) is 19.3 Å². The maximum absolute atomic E-state index is 11.4. The Balaban J connectivity index is 1.97. The summed E-state index contributed by atoms with van der Waals surface area (Å²) in [6, 6.07) is -0.269. The first kappa shape index (κ1) is 12.8. The predicted molar refractivity (Wildman–Crippen MR) is 65.5 cm³/mol. The van der Waals surface area contributed by atoms with Crippen molar-refractivity contribution in [2.24, 2.45) is 5.73 Å². The molecular formula is C12H23N3O2. The van der Waals surface area contributed by atoms with Gasteiger partial charge in [0.1, 0.15) is 6.04 Å². The second-order valence-corrected chi connectivity index (χ2v) is 5.38. The molecule has 1 saturated carbocycles. The maximum atomic E-state index is 11.4. The number of nitrogens with zero attached hydrogens (tertiary/aromatic N) is 1. The maximum Gasteiger partial charge on any atom is 0.236 e. The second-order valence-electron chi connectivity index (χ2n) is 5.38. The van der Waals surface area contributed by atoms with Gasteiger partial charge in [0.05, 0.1) is 5.60 Å². The standard InChI is InChI=1S/C12H23N3O2/c13-11(16)10-8-14-6-7-15(10)9-12(17)4-2-1-3-5-12/h10,14,17H,1-9H2,(H2,13,16). The zero-order valence-corrected chi connectivity index (χ0v) is 10.3. The number of nitrogens with two attached hydrogens (primary N) is 1. The van der Waals surface area contributed by atoms with Crippen molar-refractivity contribution in [2.75, 3.05) is 26.2 Å². The molecule has 5 nitrogen and oxygen atoms in total. The highest BCUT2D eigenvalue weighted by atomic mass is 16.3. The van der Waals surface area contributed by atoms with E-state index in [9.17, 15) is 9.90 Å². The summed E-state index contributed by atoms with van der Waals surface area (Å²) >= 11 is 0. The van der Waals surface area contributed by atoms with E-state index in [-0.39, 0.29) is 11.9 Å². The molecule has 0 aromatic heterocycles. The van der Waals surface area contributed by atoms with Crippen molar-refractivity contribution in [1.29, 1.82) is 0 Å². The average molecular weight is 241 g/mol. The SMILES string of the molecule is NC(=O)C1CNCCN1CC1(O)CCCCC1. The second kappa shape index (κ2) is 5.33. The molecule has 1 unspecified atom stereocenters. The number of primary amides is 1. The number of amides is 1. The first-order valence-electron chi connectivity index (χ1n) is 6.57. The third-order valence-corrected chi connectivity index (χ3v) is 3.96. The summed E-state index contributed by atoms with van der Waals surface area (Å²) in [6.07, 6.45) is 5.08. The molecule has 17 heavy (non-hydrogen) atoms. The largest absolute Gasteiger partial charge is 0.389 e. The monoisotopic (exact) mass is 241 g/mol. The lowest BCUT2D eigenvalue weighted by atomic mass is 9.84. The lowest BCUT2D eigenvalue weighted by Gasteiger charge is -2.41. The van der Waals surface area contributed by atoms with Crippen molar-refractivity contribution >= 4 is 5.91 Å². The van der Waals surface area contributed by atoms with Crippen LogP contribution >= 0.6 is 0 Å². The Morgan fingerprint density at radius 2 is 2.12 bits per heavy atom. The van der Waals surface area contributed by atoms with Crippen molar-refractivity contribution in [2.45, 2.75) is 43.7 Å². The van der Waals surface area contributed by atoms with E-state index >= 15 is 0 Å². The van der Waals surface area contributed by atoms with E-state index in [0.717, 1.165) is 38.8 Å². The highest BCUT2D eigenvalue weighted by Crippen LogP contribution is 2.29. The Bertz CT molecular complexity index is 277. The Kier molecular flexibility index (Phi) is 4.01. The lowest BCUT2D eigenvalue weighted by molar-refractivity contribution is -0.126. The number of rotatable bonds is 3. The first-order valence-corrected chi connectivity index (χ1v) is 6.57. The summed E-state index contributed by atoms with van der Waals surface area (Å²) < 4.78 is 0. The molecule has 1 aliphatic heterocycles. The fourth-order valence-corrected chi connectivity index (χ4v) is 2.96. The zero-order valence-electron chi connectivity index (χ0n) is 10.3. The first-order chi connectivity index (χ1) is 8.11. The van der Waals surface area contributed by atoms with Crippen molar-refractivity contribution in [3.8, 4) is 0 Å². The molecule has 0 spiro atoms. The lowest BCUT2D eigenvalue weighted by Crippen LogP contribution is -2.60. The average Bonchev–Trinajstić information content (AvgIpc) is 2.29. The van der Waals surface area contributed by atoms with E-state index in [4.69, 9.17) is 5.73 Å². The number of carbonyl (C=O) groups is 1. The fraction of sp³-hybridized carbons (Fsp3) is 0.917. The Morgan fingerprint density at radius 1 is 1.41 bits per heavy atom. The molecule has 1 aliphatic carbocycles. The summed E-state index contributed by atoms with van der Waals surface area (Å²) in [5.74, 6) is -0.295. The number of nitrogens with one attached hydrogen (secondary N) is 1. The van der Waals surface area contributed by atoms with Crippen molar-refractivity contribution in [3.63, 3.8) is 0 Å². The molecular weight excluding hydrogens is 218 g/mol. The molecule has 0 aromatic rings. The summed E-state index contributed by atoms with van der Waals surface area (Å²) in [4.78, 5) is 13.4. The van der Waals surface area contributed by atoms with E-state index < -0.39 is 5.60 Å². The van der Waals surface area contributed by atoms with Crippen LogP contribution in [-0.4, -0.2) is 53.7 Å². The van der Waals surface area contributed by atoms with Crippen LogP contribution in [0.3, 0.4) is 0 Å². The molecule has 1 saturated heterocycles. The molecule has 2 fully saturated rings. The number of aliphatic hydroxyl groups is 1. The zero-order chi connectivity index (χ0) is 12.3. The smallest absolute Gasteiger partial charge is 0.236 e. The Hall–Kier alpha value is -0.650. The quantitative estimate of drug-likeness (QED) is 0.619. The summed E-state index contributed by atoms with van der Waals surface area (Å²) in [7, 11) is 0. The van der Waals surface area contributed by atoms with Gasteiger partial charge in [-0.05, 0) is 12.8 Å². The van der Waals surface area contributed by atoms with Crippen LogP contribution in [0.15, 0.2) is 0 Å². The predicted octanol–water partition coefficient (Wildman–Crippen LogP) is -0.559. The van der Waals surface area contributed by atoms with Crippen LogP contribution in [0.5, 0.6) is 0 Å². The van der Waals surface area contributed by atoms with Gasteiger partial charge < -0.3 is 16.2 Å². The van der Waals surface area contributed by atoms with Crippen molar-refractivity contribution in [3.05, 3.63) is 0 Å². The molecule has 1 heterocycles. The third kappa shape index (κ3) is 3.18. The minimum atomic E-state index is -0.608. The van der Waals surface area contributed by atoms with Crippen LogP contribution in [0.4, 0.5) is 0 Å². The van der Waals surface area contributed by atoms with Crippen molar-refractivity contribution in [1.82, 2.24) is 10.2 Å². The van der Waals surface area contributed by atoms with E-state index in [1.807, 2.05) is 4.90 Å². The molecule has 4 N–H and O–H groups in total. The van der Waals surface area contributed by atoms with Crippen LogP contribution in [0.1, 0.15) is 32.1 Å². The molecule has 2 aliphatic rings. The van der Waals surface area contributed by atoms with E-state index in [2.05, 4.69) is 5.32 Å². The molecule has 2 rings (SSSR count). The number of carbonyl (C=O) groups excluding carboxylic acids is 1. The van der Waals surface area contributed by atoms with Crippen LogP contribution in [0.25, 0.3) is 0 Å². The summed E-state index contributed by atoms with van der Waals surface area (Å²) in [5.41, 5.74) is 4.80. The highest BCUT2D eigenvalue weighted by Gasteiger charge is 2.36. The summed E-state index contributed by atoms with van der Waals surface area (Å²) in [6.45, 7) is 2.84. The number of hydrogen-bond acceptors (Lipinski definition) is 4. The fourth-order valence-electron chi connectivity index (χ4n) is 2.96. The van der Waals surface area contributed by atoms with Crippen LogP contribution < -0.4 is 11.1 Å². The van der Waals surface area contributed by atoms with Crippen LogP contribution in [0.2, 0.25) is 0 Å². The van der Waals surface area contributed by atoms with Crippen molar-refractivity contribution < 1.29 is 9.90 Å². The van der Waals surface area contributed by atoms with Gasteiger partial charge in [-0.15, -0.1) is 0 Å². The molecule has 1 amide bonds. The third-order valence-electron chi connectivity index (χ3n) is 3.96. The molecule has 5 heteroatoms. The molecule has 0 bridgehead atoms. The topological polar surface area (TPSA) is 78.6 Å². The van der Waals surface area contributed by atoms with E-state index in [1.54, 1.807) is 0 Å². The van der Waals surface area contributed by atoms with Gasteiger partial charge in [0, 0.05) is 26.2 Å². The van der Waals surface area contributed by atoms with E-state index in [1.165, 1.54) is 6.42 Å². The van der Waals surface area contributed by atoms with Gasteiger partial charge in [0.15, 0.2) is 0 Å². The highest BCUT2D eigenvalue weighted by molar-refractivity contribution is 5.80. The van der Waals surface area contributed by atoms with Gasteiger partial charge in [-0.25, -0.2) is 0 Å². The Labute approximate surface area is 102 Å².